The Kier molecular flexibility index (Phi) is 4.65. The van der Waals surface area contributed by atoms with Crippen LogP contribution < -0.4 is 11.1 Å². The number of rotatable bonds is 5. The van der Waals surface area contributed by atoms with E-state index in [0.29, 0.717) is 23.7 Å². The van der Waals surface area contributed by atoms with Crippen LogP contribution in [0.15, 0.2) is 12.1 Å². The lowest BCUT2D eigenvalue weighted by molar-refractivity contribution is 0.600. The average Bonchev–Trinajstić information content (AvgIpc) is 2.21. The van der Waals surface area contributed by atoms with Crippen molar-refractivity contribution in [1.82, 2.24) is 0 Å². The van der Waals surface area contributed by atoms with E-state index in [9.17, 15) is 8.42 Å². The third kappa shape index (κ3) is 4.44. The fourth-order valence-electron chi connectivity index (χ4n) is 1.49. The molecule has 0 heterocycles. The van der Waals surface area contributed by atoms with Crippen LogP contribution in [-0.2, 0) is 9.84 Å². The van der Waals surface area contributed by atoms with E-state index in [1.54, 1.807) is 12.1 Å². The van der Waals surface area contributed by atoms with Gasteiger partial charge in [-0.15, -0.1) is 0 Å². The van der Waals surface area contributed by atoms with Crippen molar-refractivity contribution >= 4 is 32.8 Å². The first kappa shape index (κ1) is 14.1. The monoisotopic (exact) mass is 276 g/mol. The van der Waals surface area contributed by atoms with Crippen LogP contribution in [0.5, 0.6) is 0 Å². The van der Waals surface area contributed by atoms with Crippen molar-refractivity contribution in [3.63, 3.8) is 0 Å². The quantitative estimate of drug-likeness (QED) is 0.638. The minimum atomic E-state index is -2.90. The number of halogens is 1. The van der Waals surface area contributed by atoms with Gasteiger partial charge in [-0.3, -0.25) is 0 Å². The second-order valence-corrected chi connectivity index (χ2v) is 6.71. The van der Waals surface area contributed by atoms with E-state index in [1.165, 1.54) is 6.26 Å². The molecule has 0 fully saturated rings. The molecule has 0 aromatic heterocycles. The Morgan fingerprint density at radius 2 is 2.06 bits per heavy atom. The van der Waals surface area contributed by atoms with Gasteiger partial charge >= 0.3 is 0 Å². The number of nitrogens with two attached hydrogens (primary N) is 1. The van der Waals surface area contributed by atoms with Crippen molar-refractivity contribution in [3.8, 4) is 0 Å². The summed E-state index contributed by atoms with van der Waals surface area (Å²) in [6, 6.07) is 3.47. The zero-order valence-corrected chi connectivity index (χ0v) is 11.5. The van der Waals surface area contributed by atoms with E-state index in [-0.39, 0.29) is 5.75 Å². The second-order valence-electron chi connectivity index (χ2n) is 4.05. The maximum Gasteiger partial charge on any atom is 0.147 e. The summed E-state index contributed by atoms with van der Waals surface area (Å²) in [7, 11) is -2.90. The Morgan fingerprint density at radius 3 is 2.65 bits per heavy atom. The number of hydrogen-bond donors (Lipinski definition) is 2. The number of nitrogens with one attached hydrogen (secondary N) is 1. The largest absolute Gasteiger partial charge is 0.397 e. The molecular weight excluding hydrogens is 260 g/mol. The first-order valence-corrected chi connectivity index (χ1v) is 7.71. The van der Waals surface area contributed by atoms with Crippen LogP contribution in [0.1, 0.15) is 12.0 Å². The molecule has 0 unspecified atom stereocenters. The summed E-state index contributed by atoms with van der Waals surface area (Å²) in [5, 5.41) is 3.76. The van der Waals surface area contributed by atoms with Gasteiger partial charge in [0.1, 0.15) is 9.84 Å². The molecule has 0 aliphatic carbocycles. The van der Waals surface area contributed by atoms with E-state index < -0.39 is 9.84 Å². The molecular formula is C11H17ClN2O2S. The zero-order chi connectivity index (χ0) is 13.1. The fraction of sp³-hybridized carbons (Fsp3) is 0.455. The molecule has 0 saturated carbocycles. The molecule has 3 N–H and O–H groups in total. The summed E-state index contributed by atoms with van der Waals surface area (Å²) in [4.78, 5) is 0. The number of hydrogen-bond acceptors (Lipinski definition) is 4. The van der Waals surface area contributed by atoms with E-state index in [1.807, 2.05) is 6.92 Å². The minimum Gasteiger partial charge on any atom is -0.397 e. The Balaban J connectivity index is 2.61. The van der Waals surface area contributed by atoms with Gasteiger partial charge < -0.3 is 11.1 Å². The first-order valence-electron chi connectivity index (χ1n) is 5.27. The fourth-order valence-corrected chi connectivity index (χ4v) is 2.32. The molecule has 0 spiro atoms. The molecule has 0 radical (unpaired) electrons. The molecule has 96 valence electrons. The van der Waals surface area contributed by atoms with Gasteiger partial charge in [-0.2, -0.15) is 0 Å². The summed E-state index contributed by atoms with van der Waals surface area (Å²) in [5.41, 5.74) is 8.10. The second kappa shape index (κ2) is 5.60. The summed E-state index contributed by atoms with van der Waals surface area (Å²) in [6.45, 7) is 2.43. The highest BCUT2D eigenvalue weighted by Gasteiger charge is 2.07. The molecule has 0 atom stereocenters. The standard InChI is InChI=1S/C11H17ClN2O2S/c1-8-9(12)4-5-10(13)11(8)14-6-3-7-17(2,15)16/h4-5,14H,3,6-7,13H2,1-2H3. The summed E-state index contributed by atoms with van der Waals surface area (Å²) in [5.74, 6) is 0.166. The Hall–Kier alpha value is -0.940. The van der Waals surface area contributed by atoms with Crippen LogP contribution in [0.4, 0.5) is 11.4 Å². The van der Waals surface area contributed by atoms with Gasteiger partial charge in [0.25, 0.3) is 0 Å². The van der Waals surface area contributed by atoms with Crippen LogP contribution in [-0.4, -0.2) is 27.0 Å². The van der Waals surface area contributed by atoms with Crippen molar-refractivity contribution < 1.29 is 8.42 Å². The molecule has 17 heavy (non-hydrogen) atoms. The third-order valence-electron chi connectivity index (χ3n) is 2.42. The van der Waals surface area contributed by atoms with Crippen molar-refractivity contribution in [3.05, 3.63) is 22.7 Å². The molecule has 0 aliphatic rings. The van der Waals surface area contributed by atoms with Crippen LogP contribution >= 0.6 is 11.6 Å². The molecule has 0 bridgehead atoms. The minimum absolute atomic E-state index is 0.166. The zero-order valence-electron chi connectivity index (χ0n) is 9.96. The topological polar surface area (TPSA) is 72.2 Å². The van der Waals surface area contributed by atoms with Gasteiger partial charge in [0, 0.05) is 17.8 Å². The smallest absolute Gasteiger partial charge is 0.147 e. The van der Waals surface area contributed by atoms with E-state index in [4.69, 9.17) is 17.3 Å². The average molecular weight is 277 g/mol. The molecule has 1 aromatic rings. The summed E-state index contributed by atoms with van der Waals surface area (Å²) >= 11 is 5.98. The van der Waals surface area contributed by atoms with E-state index in [2.05, 4.69) is 5.32 Å². The normalized spacial score (nSPS) is 11.5. The van der Waals surface area contributed by atoms with Crippen molar-refractivity contribution in [2.24, 2.45) is 0 Å². The molecule has 0 saturated heterocycles. The molecule has 6 heteroatoms. The highest BCUT2D eigenvalue weighted by molar-refractivity contribution is 7.90. The predicted octanol–water partition coefficient (Wildman–Crippen LogP) is 2.08. The van der Waals surface area contributed by atoms with Crippen molar-refractivity contribution in [1.29, 1.82) is 0 Å². The van der Waals surface area contributed by atoms with Gasteiger partial charge in [0.2, 0.25) is 0 Å². The number of anilines is 2. The third-order valence-corrected chi connectivity index (χ3v) is 3.86. The number of nitrogen functional groups attached to an aromatic ring is 1. The molecule has 0 amide bonds. The maximum absolute atomic E-state index is 11.0. The molecule has 4 nitrogen and oxygen atoms in total. The van der Waals surface area contributed by atoms with Crippen molar-refractivity contribution in [2.45, 2.75) is 13.3 Å². The number of sulfone groups is 1. The highest BCUT2D eigenvalue weighted by Crippen LogP contribution is 2.29. The van der Waals surface area contributed by atoms with Gasteiger partial charge in [0.05, 0.1) is 17.1 Å². The van der Waals surface area contributed by atoms with Crippen LogP contribution in [0.25, 0.3) is 0 Å². The van der Waals surface area contributed by atoms with Crippen LogP contribution in [0, 0.1) is 6.92 Å². The van der Waals surface area contributed by atoms with Gasteiger partial charge in [-0.25, -0.2) is 8.42 Å². The lowest BCUT2D eigenvalue weighted by Gasteiger charge is -2.13. The summed E-state index contributed by atoms with van der Waals surface area (Å²) < 4.78 is 21.9. The molecule has 1 rings (SSSR count). The predicted molar refractivity (Wildman–Crippen MR) is 73.4 cm³/mol. The van der Waals surface area contributed by atoms with E-state index in [0.717, 1.165) is 11.3 Å². The summed E-state index contributed by atoms with van der Waals surface area (Å²) in [6.07, 6.45) is 1.77. The molecule has 0 aliphatic heterocycles. The first-order chi connectivity index (χ1) is 7.81. The lowest BCUT2D eigenvalue weighted by Crippen LogP contribution is -2.11. The van der Waals surface area contributed by atoms with E-state index >= 15 is 0 Å². The van der Waals surface area contributed by atoms with Crippen LogP contribution in [0.3, 0.4) is 0 Å². The lowest BCUT2D eigenvalue weighted by atomic mass is 10.1. The number of benzene rings is 1. The van der Waals surface area contributed by atoms with Gasteiger partial charge in [-0.1, -0.05) is 11.6 Å². The van der Waals surface area contributed by atoms with Crippen LogP contribution in [0.2, 0.25) is 5.02 Å². The van der Waals surface area contributed by atoms with Crippen molar-refractivity contribution in [2.75, 3.05) is 29.6 Å². The van der Waals surface area contributed by atoms with Gasteiger partial charge in [-0.05, 0) is 31.0 Å². The highest BCUT2D eigenvalue weighted by atomic mass is 35.5. The Bertz CT molecular complexity index is 500. The Morgan fingerprint density at radius 1 is 1.41 bits per heavy atom. The maximum atomic E-state index is 11.0. The van der Waals surface area contributed by atoms with Gasteiger partial charge in [0.15, 0.2) is 0 Å². The Labute approximate surface area is 107 Å². The SMILES string of the molecule is Cc1c(Cl)ccc(N)c1NCCCS(C)(=O)=O. The molecule has 1 aromatic carbocycles.